The van der Waals surface area contributed by atoms with Crippen LogP contribution in [0.5, 0.6) is 0 Å². The normalized spacial score (nSPS) is 22.6. The first-order chi connectivity index (χ1) is 9.22. The summed E-state index contributed by atoms with van der Waals surface area (Å²) in [4.78, 5) is 12.2. The molecule has 0 unspecified atom stereocenters. The SMILES string of the molecule is CCOCCNC(=O)[C@H]1CNC[C@@H]1c1cnn(C)c1. The topological polar surface area (TPSA) is 68.2 Å². The molecule has 1 saturated heterocycles. The number of hydrogen-bond donors (Lipinski definition) is 2. The molecule has 106 valence electrons. The number of hydrogen-bond acceptors (Lipinski definition) is 4. The van der Waals surface area contributed by atoms with E-state index in [1.54, 1.807) is 4.68 Å². The first-order valence-electron chi connectivity index (χ1n) is 6.77. The van der Waals surface area contributed by atoms with Gasteiger partial charge in [-0.15, -0.1) is 0 Å². The predicted octanol–water partition coefficient (Wildman–Crippen LogP) is -0.124. The van der Waals surface area contributed by atoms with Crippen molar-refractivity contribution in [1.29, 1.82) is 0 Å². The molecule has 0 radical (unpaired) electrons. The average Bonchev–Trinajstić information content (AvgIpc) is 3.02. The summed E-state index contributed by atoms with van der Waals surface area (Å²) >= 11 is 0. The molecule has 1 aromatic heterocycles. The van der Waals surface area contributed by atoms with Crippen molar-refractivity contribution in [3.8, 4) is 0 Å². The lowest BCUT2D eigenvalue weighted by atomic mass is 9.90. The molecule has 2 rings (SSSR count). The number of nitrogens with one attached hydrogen (secondary N) is 2. The molecule has 1 aliphatic rings. The highest BCUT2D eigenvalue weighted by atomic mass is 16.5. The Morgan fingerprint density at radius 3 is 3.16 bits per heavy atom. The van der Waals surface area contributed by atoms with E-state index in [-0.39, 0.29) is 17.7 Å². The lowest BCUT2D eigenvalue weighted by Gasteiger charge is -2.16. The van der Waals surface area contributed by atoms with Crippen LogP contribution in [0, 0.1) is 5.92 Å². The van der Waals surface area contributed by atoms with E-state index >= 15 is 0 Å². The van der Waals surface area contributed by atoms with Crippen molar-refractivity contribution < 1.29 is 9.53 Å². The Hall–Kier alpha value is -1.40. The summed E-state index contributed by atoms with van der Waals surface area (Å²) in [5.41, 5.74) is 1.12. The second-order valence-corrected chi connectivity index (χ2v) is 4.81. The summed E-state index contributed by atoms with van der Waals surface area (Å²) in [6.45, 7) is 5.32. The van der Waals surface area contributed by atoms with E-state index < -0.39 is 0 Å². The third-order valence-corrected chi connectivity index (χ3v) is 3.45. The summed E-state index contributed by atoms with van der Waals surface area (Å²) in [5.74, 6) is 0.283. The Balaban J connectivity index is 1.89. The number of aryl methyl sites for hydroxylation is 1. The molecular weight excluding hydrogens is 244 g/mol. The van der Waals surface area contributed by atoms with Crippen LogP contribution in [0.3, 0.4) is 0 Å². The van der Waals surface area contributed by atoms with Gasteiger partial charge in [0.25, 0.3) is 0 Å². The van der Waals surface area contributed by atoms with Gasteiger partial charge in [-0.2, -0.15) is 5.10 Å². The summed E-state index contributed by atoms with van der Waals surface area (Å²) in [7, 11) is 1.89. The molecule has 0 bridgehead atoms. The van der Waals surface area contributed by atoms with E-state index in [0.717, 1.165) is 18.7 Å². The molecule has 6 nitrogen and oxygen atoms in total. The maximum atomic E-state index is 12.2. The number of carbonyl (C=O) groups excluding carboxylic acids is 1. The Morgan fingerprint density at radius 2 is 2.47 bits per heavy atom. The number of carbonyl (C=O) groups is 1. The van der Waals surface area contributed by atoms with Crippen LogP contribution in [0.1, 0.15) is 18.4 Å². The summed E-state index contributed by atoms with van der Waals surface area (Å²) in [5, 5.41) is 10.4. The van der Waals surface area contributed by atoms with Crippen LogP contribution in [-0.2, 0) is 16.6 Å². The fraction of sp³-hybridized carbons (Fsp3) is 0.692. The van der Waals surface area contributed by atoms with Gasteiger partial charge in [-0.05, 0) is 12.5 Å². The molecule has 2 heterocycles. The van der Waals surface area contributed by atoms with Crippen molar-refractivity contribution in [3.05, 3.63) is 18.0 Å². The monoisotopic (exact) mass is 266 g/mol. The van der Waals surface area contributed by atoms with Crippen LogP contribution in [0.15, 0.2) is 12.4 Å². The van der Waals surface area contributed by atoms with Crippen LogP contribution in [0.2, 0.25) is 0 Å². The molecule has 6 heteroatoms. The fourth-order valence-electron chi connectivity index (χ4n) is 2.46. The van der Waals surface area contributed by atoms with Gasteiger partial charge in [-0.3, -0.25) is 9.48 Å². The van der Waals surface area contributed by atoms with E-state index in [1.165, 1.54) is 0 Å². The molecule has 19 heavy (non-hydrogen) atoms. The smallest absolute Gasteiger partial charge is 0.225 e. The molecule has 1 amide bonds. The van der Waals surface area contributed by atoms with Gasteiger partial charge < -0.3 is 15.4 Å². The zero-order valence-corrected chi connectivity index (χ0v) is 11.6. The minimum Gasteiger partial charge on any atom is -0.380 e. The zero-order valence-electron chi connectivity index (χ0n) is 11.6. The second-order valence-electron chi connectivity index (χ2n) is 4.81. The maximum Gasteiger partial charge on any atom is 0.225 e. The Bertz CT molecular complexity index is 419. The van der Waals surface area contributed by atoms with Gasteiger partial charge in [-0.1, -0.05) is 0 Å². The van der Waals surface area contributed by atoms with Gasteiger partial charge in [0.1, 0.15) is 0 Å². The third kappa shape index (κ3) is 3.54. The Labute approximate surface area is 113 Å². The number of amides is 1. The molecule has 0 saturated carbocycles. The Morgan fingerprint density at radius 1 is 1.63 bits per heavy atom. The Kier molecular flexibility index (Phi) is 4.93. The highest BCUT2D eigenvalue weighted by molar-refractivity contribution is 5.80. The number of nitrogens with zero attached hydrogens (tertiary/aromatic N) is 2. The highest BCUT2D eigenvalue weighted by Gasteiger charge is 2.34. The van der Waals surface area contributed by atoms with Crippen LogP contribution in [0.25, 0.3) is 0 Å². The van der Waals surface area contributed by atoms with Crippen molar-refractivity contribution in [3.63, 3.8) is 0 Å². The largest absolute Gasteiger partial charge is 0.380 e. The molecule has 2 atom stereocenters. The summed E-state index contributed by atoms with van der Waals surface area (Å²) in [6, 6.07) is 0. The van der Waals surface area contributed by atoms with Crippen LogP contribution < -0.4 is 10.6 Å². The standard InChI is InChI=1S/C13H22N4O2/c1-3-19-5-4-15-13(18)12-8-14-7-11(12)10-6-16-17(2)9-10/h6,9,11-12,14H,3-5,7-8H2,1-2H3,(H,15,18)/t11-,12+/m1/s1. The van der Waals surface area contributed by atoms with Gasteiger partial charge in [0, 0.05) is 45.4 Å². The third-order valence-electron chi connectivity index (χ3n) is 3.45. The quantitative estimate of drug-likeness (QED) is 0.704. The lowest BCUT2D eigenvalue weighted by Crippen LogP contribution is -2.36. The fourth-order valence-corrected chi connectivity index (χ4v) is 2.46. The van der Waals surface area contributed by atoms with E-state index in [0.29, 0.717) is 19.8 Å². The molecule has 0 aromatic carbocycles. The first-order valence-corrected chi connectivity index (χ1v) is 6.77. The predicted molar refractivity (Wildman–Crippen MR) is 71.8 cm³/mol. The second kappa shape index (κ2) is 6.68. The first kappa shape index (κ1) is 14.0. The average molecular weight is 266 g/mol. The summed E-state index contributed by atoms with van der Waals surface area (Å²) in [6.07, 6.45) is 3.83. The number of rotatable bonds is 6. The van der Waals surface area contributed by atoms with Crippen molar-refractivity contribution in [2.75, 3.05) is 32.8 Å². The van der Waals surface area contributed by atoms with Crippen molar-refractivity contribution in [1.82, 2.24) is 20.4 Å². The highest BCUT2D eigenvalue weighted by Crippen LogP contribution is 2.27. The molecule has 0 spiro atoms. The maximum absolute atomic E-state index is 12.2. The van der Waals surface area contributed by atoms with Gasteiger partial charge in [-0.25, -0.2) is 0 Å². The summed E-state index contributed by atoms with van der Waals surface area (Å²) < 4.78 is 6.99. The molecule has 2 N–H and O–H groups in total. The molecule has 1 aliphatic heterocycles. The van der Waals surface area contributed by atoms with Crippen molar-refractivity contribution in [2.45, 2.75) is 12.8 Å². The van der Waals surface area contributed by atoms with E-state index in [1.807, 2.05) is 26.4 Å². The van der Waals surface area contributed by atoms with Gasteiger partial charge >= 0.3 is 0 Å². The molecule has 0 aliphatic carbocycles. The van der Waals surface area contributed by atoms with E-state index in [2.05, 4.69) is 15.7 Å². The van der Waals surface area contributed by atoms with Crippen LogP contribution in [-0.4, -0.2) is 48.5 Å². The minimum atomic E-state index is -0.0224. The zero-order chi connectivity index (χ0) is 13.7. The van der Waals surface area contributed by atoms with Gasteiger partial charge in [0.05, 0.1) is 18.7 Å². The van der Waals surface area contributed by atoms with Crippen molar-refractivity contribution >= 4 is 5.91 Å². The molecule has 1 fully saturated rings. The van der Waals surface area contributed by atoms with E-state index in [4.69, 9.17) is 4.74 Å². The number of aromatic nitrogens is 2. The lowest BCUT2D eigenvalue weighted by molar-refractivity contribution is -0.125. The van der Waals surface area contributed by atoms with E-state index in [9.17, 15) is 4.79 Å². The van der Waals surface area contributed by atoms with Crippen LogP contribution >= 0.6 is 0 Å². The number of ether oxygens (including phenoxy) is 1. The molecular formula is C13H22N4O2. The minimum absolute atomic E-state index is 0.0224. The van der Waals surface area contributed by atoms with Gasteiger partial charge in [0.15, 0.2) is 0 Å². The van der Waals surface area contributed by atoms with Crippen molar-refractivity contribution in [2.24, 2.45) is 13.0 Å². The van der Waals surface area contributed by atoms with Gasteiger partial charge in [0.2, 0.25) is 5.91 Å². The van der Waals surface area contributed by atoms with Crippen LogP contribution in [0.4, 0.5) is 0 Å². The molecule has 1 aromatic rings.